The van der Waals surface area contributed by atoms with E-state index in [1.807, 2.05) is 86.5 Å². The van der Waals surface area contributed by atoms with E-state index in [9.17, 15) is 0 Å². The summed E-state index contributed by atoms with van der Waals surface area (Å²) in [7, 11) is 5.29. The Hall–Kier alpha value is -6.79. The highest BCUT2D eigenvalue weighted by molar-refractivity contribution is 6.02. The van der Waals surface area contributed by atoms with Crippen LogP contribution in [0.5, 0.6) is 23.4 Å². The summed E-state index contributed by atoms with van der Waals surface area (Å²) in [5.41, 5.74) is 0.385. The predicted molar refractivity (Wildman–Crippen MR) is 266 cm³/mol. The van der Waals surface area contributed by atoms with Crippen molar-refractivity contribution in [2.75, 3.05) is 57.4 Å². The average molecular weight is 990 g/mol. The SMILES string of the molecule is COc1ccc(CN(Cc2ccc(OC)cc2)c2ncccc2[C@@H](C)N2c3nc(OC[C@]4(C)CCCN4C)nc4c(F)c(-c5c(C(F)(F)F)c(C)cc6c5cnn6C5CCCCO5)nc(c34)OC[C@@H]2C)cc1. The molecule has 18 heteroatoms. The van der Waals surface area contributed by atoms with E-state index in [4.69, 9.17) is 43.6 Å². The molecule has 0 amide bonds. The number of aromatic nitrogens is 6. The van der Waals surface area contributed by atoms with E-state index in [1.165, 1.54) is 19.2 Å². The van der Waals surface area contributed by atoms with Gasteiger partial charge < -0.3 is 33.5 Å². The molecule has 0 saturated carbocycles. The minimum absolute atomic E-state index is 0.0102. The van der Waals surface area contributed by atoms with Gasteiger partial charge in [0.25, 0.3) is 0 Å². The van der Waals surface area contributed by atoms with Gasteiger partial charge in [-0.15, -0.1) is 0 Å². The van der Waals surface area contributed by atoms with Crippen LogP contribution < -0.4 is 28.7 Å². The number of methoxy groups -OCH3 is 2. The quantitative estimate of drug-likeness (QED) is 0.0961. The van der Waals surface area contributed by atoms with E-state index in [0.29, 0.717) is 37.5 Å². The third kappa shape index (κ3) is 9.18. The van der Waals surface area contributed by atoms with Crippen LogP contribution in [0.3, 0.4) is 0 Å². The van der Waals surface area contributed by atoms with Crippen LogP contribution in [0, 0.1) is 12.7 Å². The first-order chi connectivity index (χ1) is 34.6. The van der Waals surface area contributed by atoms with Crippen LogP contribution >= 0.6 is 0 Å². The lowest BCUT2D eigenvalue weighted by atomic mass is 9.94. The fourth-order valence-corrected chi connectivity index (χ4v) is 10.6. The lowest BCUT2D eigenvalue weighted by Crippen LogP contribution is -2.43. The first kappa shape index (κ1) is 48.8. The van der Waals surface area contributed by atoms with Crippen molar-refractivity contribution < 1.29 is 41.2 Å². The first-order valence-electron chi connectivity index (χ1n) is 24.5. The zero-order valence-electron chi connectivity index (χ0n) is 41.6. The number of nitrogens with zero attached hydrogens (tertiary/aromatic N) is 9. The molecule has 0 radical (unpaired) electrons. The molecule has 378 valence electrons. The zero-order chi connectivity index (χ0) is 50.5. The molecule has 72 heavy (non-hydrogen) atoms. The molecular formula is C54H59F4N9O5. The van der Waals surface area contributed by atoms with Crippen LogP contribution in [0.25, 0.3) is 33.1 Å². The minimum Gasteiger partial charge on any atom is -0.497 e. The number of ether oxygens (including phenoxy) is 5. The van der Waals surface area contributed by atoms with Gasteiger partial charge in [-0.25, -0.2) is 19.0 Å². The molecule has 3 aromatic carbocycles. The number of rotatable bonds is 14. The molecule has 4 aromatic heterocycles. The molecule has 0 bridgehead atoms. The van der Waals surface area contributed by atoms with Gasteiger partial charge in [0.05, 0.1) is 49.1 Å². The number of likely N-dealkylation sites (N-methyl/N-ethyl adjacent to an activating group) is 1. The Morgan fingerprint density at radius 3 is 2.28 bits per heavy atom. The molecule has 0 N–H and O–H groups in total. The van der Waals surface area contributed by atoms with Crippen LogP contribution in [-0.4, -0.2) is 93.8 Å². The molecule has 2 saturated heterocycles. The highest BCUT2D eigenvalue weighted by Gasteiger charge is 2.42. The van der Waals surface area contributed by atoms with Gasteiger partial charge in [0.2, 0.25) is 5.88 Å². The minimum atomic E-state index is -4.90. The highest BCUT2D eigenvalue weighted by atomic mass is 19.4. The number of pyridine rings is 2. The zero-order valence-corrected chi connectivity index (χ0v) is 41.6. The number of likely N-dealkylation sites (tertiary alicyclic amines) is 1. The van der Waals surface area contributed by atoms with E-state index in [1.54, 1.807) is 25.1 Å². The summed E-state index contributed by atoms with van der Waals surface area (Å²) >= 11 is 0. The maximum atomic E-state index is 18.1. The molecule has 2 fully saturated rings. The molecule has 4 atom stereocenters. The van der Waals surface area contributed by atoms with E-state index in [-0.39, 0.29) is 58.3 Å². The molecule has 0 aliphatic carbocycles. The van der Waals surface area contributed by atoms with Crippen LogP contribution in [0.4, 0.5) is 29.2 Å². The third-order valence-electron chi connectivity index (χ3n) is 14.6. The average Bonchev–Trinajstić information content (AvgIpc) is 3.92. The van der Waals surface area contributed by atoms with Gasteiger partial charge in [-0.2, -0.15) is 28.2 Å². The van der Waals surface area contributed by atoms with Gasteiger partial charge in [-0.1, -0.05) is 30.3 Å². The number of aryl methyl sites for hydroxylation is 1. The van der Waals surface area contributed by atoms with Gasteiger partial charge >= 0.3 is 12.2 Å². The Bertz CT molecular complexity index is 3040. The van der Waals surface area contributed by atoms with Crippen LogP contribution in [0.1, 0.15) is 93.0 Å². The van der Waals surface area contributed by atoms with Gasteiger partial charge in [0.15, 0.2) is 12.0 Å². The molecule has 0 spiro atoms. The Kier molecular flexibility index (Phi) is 13.3. The van der Waals surface area contributed by atoms with E-state index < -0.39 is 47.1 Å². The summed E-state index contributed by atoms with van der Waals surface area (Å²) in [5.74, 6) is 1.23. The number of halogens is 4. The van der Waals surface area contributed by atoms with Crippen molar-refractivity contribution in [3.63, 3.8) is 0 Å². The summed E-state index contributed by atoms with van der Waals surface area (Å²) in [4.78, 5) is 26.0. The maximum absolute atomic E-state index is 18.1. The van der Waals surface area contributed by atoms with Crippen molar-refractivity contribution in [3.05, 3.63) is 113 Å². The van der Waals surface area contributed by atoms with Crippen molar-refractivity contribution in [3.8, 4) is 34.6 Å². The van der Waals surface area contributed by atoms with E-state index >= 15 is 17.6 Å². The fraction of sp³-hybridized carbons (Fsp3) is 0.426. The first-order valence-corrected chi connectivity index (χ1v) is 24.5. The van der Waals surface area contributed by atoms with E-state index in [2.05, 4.69) is 21.8 Å². The van der Waals surface area contributed by atoms with Crippen LogP contribution in [0.2, 0.25) is 0 Å². The Morgan fingerprint density at radius 1 is 0.944 bits per heavy atom. The molecule has 3 aliphatic heterocycles. The van der Waals surface area contributed by atoms with Crippen LogP contribution in [0.15, 0.2) is 79.1 Å². The topological polar surface area (TPSA) is 125 Å². The maximum Gasteiger partial charge on any atom is 0.417 e. The van der Waals surface area contributed by atoms with Gasteiger partial charge in [0.1, 0.15) is 52.9 Å². The standard InChI is InChI=1S/C54H59F4N9O5/c1-32-26-41-40(27-60-67(41)42-13-8-9-25-70-42)43(45(32)54(56,57)58)47-46(55)48-44-50(63-52(62-48)72-31-53(4)22-11-24-64(53)5)66(33(2)30-71-51(44)61-47)34(3)39-12-10-23-59-49(39)65(28-35-14-18-37(68-6)19-15-35)29-36-16-20-38(69-7)21-17-36/h10,12,14-21,23,26-27,33-34,42H,8-9,11,13,22,24-25,28-31H2,1-7H3/t33-,34+,42?,53-/m0/s1. The van der Waals surface area contributed by atoms with Crippen LogP contribution in [-0.2, 0) is 24.0 Å². The number of hydrogen-bond acceptors (Lipinski definition) is 13. The monoisotopic (exact) mass is 989 g/mol. The van der Waals surface area contributed by atoms with Gasteiger partial charge in [-0.05, 0) is 126 Å². The summed E-state index contributed by atoms with van der Waals surface area (Å²) in [6, 6.07) is 20.0. The fourth-order valence-electron chi connectivity index (χ4n) is 10.6. The van der Waals surface area contributed by atoms with Gasteiger partial charge in [-0.3, -0.25) is 4.90 Å². The summed E-state index contributed by atoms with van der Waals surface area (Å²) in [6.07, 6.45) is 1.86. The molecule has 14 nitrogen and oxygen atoms in total. The molecule has 7 heterocycles. The Balaban J connectivity index is 1.14. The largest absolute Gasteiger partial charge is 0.497 e. The predicted octanol–water partition coefficient (Wildman–Crippen LogP) is 11.0. The number of benzene rings is 3. The second-order valence-electron chi connectivity index (χ2n) is 19.4. The van der Waals surface area contributed by atoms with Crippen molar-refractivity contribution in [2.24, 2.45) is 0 Å². The Labute approximate surface area is 415 Å². The summed E-state index contributed by atoms with van der Waals surface area (Å²) in [6.45, 7) is 9.95. The second-order valence-corrected chi connectivity index (χ2v) is 19.4. The number of alkyl halides is 3. The second kappa shape index (κ2) is 19.7. The summed E-state index contributed by atoms with van der Waals surface area (Å²) < 4.78 is 96.1. The summed E-state index contributed by atoms with van der Waals surface area (Å²) in [5, 5.41) is 4.72. The Morgan fingerprint density at radius 2 is 1.65 bits per heavy atom. The van der Waals surface area contributed by atoms with Crippen molar-refractivity contribution in [2.45, 2.75) is 103 Å². The number of anilines is 2. The molecule has 3 aliphatic rings. The molecule has 10 rings (SSSR count). The van der Waals surface area contributed by atoms with Gasteiger partial charge in [0, 0.05) is 42.4 Å². The molecule has 7 aromatic rings. The molecular weight excluding hydrogens is 931 g/mol. The lowest BCUT2D eigenvalue weighted by Gasteiger charge is -2.37. The highest BCUT2D eigenvalue weighted by Crippen LogP contribution is 2.49. The third-order valence-corrected chi connectivity index (χ3v) is 14.6. The number of hydrogen-bond donors (Lipinski definition) is 0. The number of fused-ring (bicyclic) bond motifs is 1. The molecule has 1 unspecified atom stereocenters. The van der Waals surface area contributed by atoms with Crippen molar-refractivity contribution >= 4 is 33.4 Å². The normalized spacial score (nSPS) is 19.8. The lowest BCUT2D eigenvalue weighted by molar-refractivity contribution is -0.137. The van der Waals surface area contributed by atoms with Crippen molar-refractivity contribution in [1.82, 2.24) is 34.6 Å². The smallest absolute Gasteiger partial charge is 0.417 e. The van der Waals surface area contributed by atoms with Crippen molar-refractivity contribution in [1.29, 1.82) is 0 Å². The van der Waals surface area contributed by atoms with E-state index in [0.717, 1.165) is 60.4 Å².